The van der Waals surface area contributed by atoms with E-state index in [1.807, 2.05) is 42.5 Å². The number of allylic oxidation sites excluding steroid dienone is 2. The fourth-order valence-electron chi connectivity index (χ4n) is 4.86. The van der Waals surface area contributed by atoms with Gasteiger partial charge in [0.05, 0.1) is 0 Å². The topological polar surface area (TPSA) is 55.4 Å². The maximum Gasteiger partial charge on any atom is 0.316 e. The molecule has 1 aliphatic carbocycles. The number of Topliss-reactive ketones (excluding diaryl/α,β-unsaturated/α-hetero) is 1. The molecule has 0 spiro atoms. The van der Waals surface area contributed by atoms with Gasteiger partial charge in [-0.25, -0.2) is 0 Å². The van der Waals surface area contributed by atoms with E-state index in [1.54, 1.807) is 0 Å². The van der Waals surface area contributed by atoms with Gasteiger partial charge in [-0.15, -0.1) is 0 Å². The molecule has 1 aliphatic heterocycles. The second kappa shape index (κ2) is 8.78. The van der Waals surface area contributed by atoms with Crippen molar-refractivity contribution in [3.8, 4) is 0 Å². The summed E-state index contributed by atoms with van der Waals surface area (Å²) < 4.78 is 5.72. The van der Waals surface area contributed by atoms with Gasteiger partial charge in [-0.3, -0.25) is 9.59 Å². The van der Waals surface area contributed by atoms with E-state index in [0.717, 1.165) is 29.7 Å². The van der Waals surface area contributed by atoms with Crippen molar-refractivity contribution in [2.75, 3.05) is 0 Å². The Morgan fingerprint density at radius 1 is 1.06 bits per heavy atom. The molecule has 0 saturated carbocycles. The van der Waals surface area contributed by atoms with Gasteiger partial charge in [-0.1, -0.05) is 81.9 Å². The number of nitrogens with one attached hydrogen (secondary N) is 1. The smallest absolute Gasteiger partial charge is 0.316 e. The maximum absolute atomic E-state index is 13.3. The summed E-state index contributed by atoms with van der Waals surface area (Å²) in [5.74, 6) is -1.31. The minimum atomic E-state index is -0.657. The zero-order chi connectivity index (χ0) is 22.9. The van der Waals surface area contributed by atoms with Gasteiger partial charge in [0.2, 0.25) is 0 Å². The summed E-state index contributed by atoms with van der Waals surface area (Å²) in [6, 6.07) is 17.8. The quantitative estimate of drug-likeness (QED) is 0.642. The Labute approximate surface area is 190 Å². The first-order valence-corrected chi connectivity index (χ1v) is 11.3. The van der Waals surface area contributed by atoms with Gasteiger partial charge in [0.25, 0.3) is 0 Å². The van der Waals surface area contributed by atoms with Crippen molar-refractivity contribution >= 4 is 11.8 Å². The molecular formula is C28H31NO3. The molecule has 0 radical (unpaired) electrons. The van der Waals surface area contributed by atoms with Gasteiger partial charge in [0.15, 0.2) is 5.78 Å². The number of carbonyl (C=O) groups is 2. The van der Waals surface area contributed by atoms with Crippen molar-refractivity contribution in [1.29, 1.82) is 0 Å². The molecule has 0 bridgehead atoms. The summed E-state index contributed by atoms with van der Waals surface area (Å²) in [6.45, 7) is 10.7. The van der Waals surface area contributed by atoms with Crippen LogP contribution in [-0.2, 0) is 27.4 Å². The molecule has 0 aromatic heterocycles. The fourth-order valence-corrected chi connectivity index (χ4v) is 4.86. The summed E-state index contributed by atoms with van der Waals surface area (Å²) in [7, 11) is 0. The van der Waals surface area contributed by atoms with Crippen LogP contribution in [-0.4, -0.2) is 11.8 Å². The zero-order valence-corrected chi connectivity index (χ0v) is 19.1. The molecule has 2 aromatic carbocycles. The fraction of sp³-hybridized carbons (Fsp3) is 0.357. The van der Waals surface area contributed by atoms with Gasteiger partial charge >= 0.3 is 5.97 Å². The van der Waals surface area contributed by atoms with Crippen LogP contribution >= 0.6 is 0 Å². The number of rotatable bonds is 5. The van der Waals surface area contributed by atoms with Crippen molar-refractivity contribution in [3.63, 3.8) is 0 Å². The minimum Gasteiger partial charge on any atom is -0.460 e. The van der Waals surface area contributed by atoms with Crippen LogP contribution in [0.4, 0.5) is 0 Å². The van der Waals surface area contributed by atoms with Crippen LogP contribution in [0.15, 0.2) is 78.1 Å². The lowest BCUT2D eigenvalue weighted by molar-refractivity contribution is -0.149. The molecule has 0 amide bonds. The summed E-state index contributed by atoms with van der Waals surface area (Å²) in [5, 5.41) is 3.32. The largest absolute Gasteiger partial charge is 0.460 e. The summed E-state index contributed by atoms with van der Waals surface area (Å²) in [5.41, 5.74) is 5.17. The number of hydrogen-bond donors (Lipinski definition) is 1. The molecule has 4 nitrogen and oxygen atoms in total. The third-order valence-electron chi connectivity index (χ3n) is 6.48. The first-order chi connectivity index (χ1) is 15.3. The van der Waals surface area contributed by atoms with E-state index in [9.17, 15) is 9.59 Å². The number of hydrogen-bond acceptors (Lipinski definition) is 4. The molecular weight excluding hydrogens is 398 g/mol. The Morgan fingerprint density at radius 3 is 2.41 bits per heavy atom. The second-order valence-electron chi connectivity index (χ2n) is 9.63. The van der Waals surface area contributed by atoms with Crippen molar-refractivity contribution < 1.29 is 14.3 Å². The average Bonchev–Trinajstić information content (AvgIpc) is 2.76. The van der Waals surface area contributed by atoms with Gasteiger partial charge in [0, 0.05) is 29.3 Å². The number of benzene rings is 2. The zero-order valence-electron chi connectivity index (χ0n) is 19.1. The van der Waals surface area contributed by atoms with Crippen molar-refractivity contribution in [1.82, 2.24) is 5.32 Å². The molecule has 32 heavy (non-hydrogen) atoms. The van der Waals surface area contributed by atoms with Crippen LogP contribution in [0.25, 0.3) is 0 Å². The van der Waals surface area contributed by atoms with E-state index in [-0.39, 0.29) is 23.8 Å². The van der Waals surface area contributed by atoms with Crippen LogP contribution in [0.2, 0.25) is 0 Å². The van der Waals surface area contributed by atoms with Gasteiger partial charge in [-0.2, -0.15) is 0 Å². The molecule has 1 N–H and O–H groups in total. The molecule has 0 fully saturated rings. The Morgan fingerprint density at radius 2 is 1.75 bits per heavy atom. The molecule has 2 unspecified atom stereocenters. The molecule has 2 atom stereocenters. The summed E-state index contributed by atoms with van der Waals surface area (Å²) in [6.07, 6.45) is 2.15. The number of aryl methyl sites for hydroxylation is 1. The molecule has 166 valence electrons. The number of ether oxygens (including phenoxy) is 1. The van der Waals surface area contributed by atoms with Gasteiger partial charge < -0.3 is 10.1 Å². The predicted molar refractivity (Wildman–Crippen MR) is 126 cm³/mol. The molecule has 4 rings (SSSR count). The summed E-state index contributed by atoms with van der Waals surface area (Å²) >= 11 is 0. The lowest BCUT2D eigenvalue weighted by Gasteiger charge is -2.42. The number of carbonyl (C=O) groups excluding carboxylic acids is 2. The van der Waals surface area contributed by atoms with Crippen LogP contribution < -0.4 is 5.32 Å². The molecule has 0 saturated heterocycles. The predicted octanol–water partition coefficient (Wildman–Crippen LogP) is 5.45. The van der Waals surface area contributed by atoms with Crippen molar-refractivity contribution in [3.05, 3.63) is 94.8 Å². The number of ketones is 1. The summed E-state index contributed by atoms with van der Waals surface area (Å²) in [4.78, 5) is 26.7. The third-order valence-corrected chi connectivity index (χ3v) is 6.48. The van der Waals surface area contributed by atoms with E-state index in [4.69, 9.17) is 4.74 Å². The third kappa shape index (κ3) is 4.40. The molecule has 1 heterocycles. The van der Waals surface area contributed by atoms with Crippen LogP contribution in [0.3, 0.4) is 0 Å². The SMILES string of the molecule is C=C1NC2=C(C(=O)CC(C)(C)C2)C(c2ccc(CC)cc2)C1C(=O)OCc1ccccc1. The average molecular weight is 430 g/mol. The minimum absolute atomic E-state index is 0.0988. The second-order valence-corrected chi connectivity index (χ2v) is 9.63. The number of esters is 1. The van der Waals surface area contributed by atoms with Gasteiger partial charge in [-0.05, 0) is 34.9 Å². The van der Waals surface area contributed by atoms with Crippen LogP contribution in [0.5, 0.6) is 0 Å². The highest BCUT2D eigenvalue weighted by Crippen LogP contribution is 2.48. The molecule has 2 aliphatic rings. The highest BCUT2D eigenvalue weighted by molar-refractivity contribution is 6.00. The maximum atomic E-state index is 13.3. The highest BCUT2D eigenvalue weighted by atomic mass is 16.5. The van der Waals surface area contributed by atoms with E-state index in [2.05, 4.69) is 44.8 Å². The Balaban J connectivity index is 1.72. The lowest BCUT2D eigenvalue weighted by atomic mass is 9.66. The Hall–Kier alpha value is -3.14. The van der Waals surface area contributed by atoms with Crippen molar-refractivity contribution in [2.45, 2.75) is 52.6 Å². The van der Waals surface area contributed by atoms with Gasteiger partial charge in [0.1, 0.15) is 12.5 Å². The van der Waals surface area contributed by atoms with E-state index in [0.29, 0.717) is 17.7 Å². The first-order valence-electron chi connectivity index (χ1n) is 11.3. The normalized spacial score (nSPS) is 22.2. The Kier molecular flexibility index (Phi) is 6.05. The van der Waals surface area contributed by atoms with Crippen LogP contribution in [0, 0.1) is 11.3 Å². The van der Waals surface area contributed by atoms with E-state index >= 15 is 0 Å². The Bertz CT molecular complexity index is 1060. The van der Waals surface area contributed by atoms with E-state index in [1.165, 1.54) is 5.56 Å². The van der Waals surface area contributed by atoms with Crippen LogP contribution in [0.1, 0.15) is 56.2 Å². The highest BCUT2D eigenvalue weighted by Gasteiger charge is 2.46. The molecule has 2 aromatic rings. The standard InChI is InChI=1S/C28H31NO3/c1-5-19-11-13-21(14-12-19)25-24(27(31)32-17-20-9-7-6-8-10-20)18(2)29-22-15-28(3,4)16-23(30)26(22)25/h6-14,24-25,29H,2,5,15-17H2,1,3-4H3. The lowest BCUT2D eigenvalue weighted by Crippen LogP contribution is -2.43. The first kappa shape index (κ1) is 22.1. The molecule has 4 heteroatoms. The van der Waals surface area contributed by atoms with Crippen molar-refractivity contribution in [2.24, 2.45) is 11.3 Å². The van der Waals surface area contributed by atoms with E-state index < -0.39 is 11.8 Å². The monoisotopic (exact) mass is 429 g/mol.